The molecule has 0 bridgehead atoms. The van der Waals surface area contributed by atoms with Crippen LogP contribution in [0.3, 0.4) is 0 Å². The summed E-state index contributed by atoms with van der Waals surface area (Å²) in [6.45, 7) is 6.73. The minimum Gasteiger partial charge on any atom is -0.371 e. The smallest absolute Gasteiger partial charge is 0.0426 e. The van der Waals surface area contributed by atoms with Crippen LogP contribution in [-0.2, 0) is 0 Å². The van der Waals surface area contributed by atoms with Crippen molar-refractivity contribution in [2.75, 3.05) is 25.0 Å². The second kappa shape index (κ2) is 5.40. The topological polar surface area (TPSA) is 15.3 Å². The minimum atomic E-state index is 0.697. The molecular weight excluding hydrogens is 276 g/mol. The van der Waals surface area contributed by atoms with Gasteiger partial charge in [0.05, 0.1) is 0 Å². The molecule has 17 heavy (non-hydrogen) atoms. The zero-order valence-electron chi connectivity index (χ0n) is 10.9. The third-order valence-electron chi connectivity index (χ3n) is 3.68. The fraction of sp³-hybridized carbons (Fsp3) is 0.571. The fourth-order valence-electron chi connectivity index (χ4n) is 2.79. The summed E-state index contributed by atoms with van der Waals surface area (Å²) in [5.41, 5.74) is 4.18. The maximum absolute atomic E-state index is 3.56. The quantitative estimate of drug-likeness (QED) is 0.901. The first-order valence-electron chi connectivity index (χ1n) is 6.30. The highest BCUT2D eigenvalue weighted by Crippen LogP contribution is 2.30. The molecule has 0 aromatic heterocycles. The molecule has 1 aliphatic heterocycles. The molecule has 1 aliphatic rings. The molecule has 0 unspecified atom stereocenters. The zero-order chi connectivity index (χ0) is 12.4. The standard InChI is InChI=1S/C14H21BrN2/c1-10-8-12(15)9-11(2)14(10)17-6-4-13(16-3)5-7-17/h8-9,13,16H,4-7H2,1-3H3. The molecule has 3 heteroatoms. The molecule has 1 fully saturated rings. The first-order chi connectivity index (χ1) is 8.11. The lowest BCUT2D eigenvalue weighted by atomic mass is 10.0. The molecule has 0 atom stereocenters. The van der Waals surface area contributed by atoms with Gasteiger partial charge in [-0.3, -0.25) is 0 Å². The number of piperidine rings is 1. The predicted molar refractivity (Wildman–Crippen MR) is 77.9 cm³/mol. The van der Waals surface area contributed by atoms with Crippen molar-refractivity contribution in [1.29, 1.82) is 0 Å². The molecule has 0 spiro atoms. The van der Waals surface area contributed by atoms with E-state index in [0.717, 1.165) is 13.1 Å². The van der Waals surface area contributed by atoms with E-state index >= 15 is 0 Å². The number of nitrogens with one attached hydrogen (secondary N) is 1. The van der Waals surface area contributed by atoms with Crippen molar-refractivity contribution in [2.24, 2.45) is 0 Å². The second-order valence-corrected chi connectivity index (χ2v) is 5.85. The Bertz CT molecular complexity index is 372. The number of halogens is 1. The Morgan fingerprint density at radius 3 is 2.18 bits per heavy atom. The number of rotatable bonds is 2. The van der Waals surface area contributed by atoms with Crippen LogP contribution in [0.15, 0.2) is 16.6 Å². The molecular formula is C14H21BrN2. The van der Waals surface area contributed by atoms with E-state index in [1.807, 2.05) is 0 Å². The van der Waals surface area contributed by atoms with E-state index in [1.165, 1.54) is 34.1 Å². The van der Waals surface area contributed by atoms with Gasteiger partial charge in [-0.25, -0.2) is 0 Å². The lowest BCUT2D eigenvalue weighted by Crippen LogP contribution is -2.41. The van der Waals surface area contributed by atoms with Crippen LogP contribution in [-0.4, -0.2) is 26.2 Å². The van der Waals surface area contributed by atoms with Crippen molar-refractivity contribution >= 4 is 21.6 Å². The molecule has 0 saturated carbocycles. The van der Waals surface area contributed by atoms with Crippen LogP contribution in [0.4, 0.5) is 5.69 Å². The van der Waals surface area contributed by atoms with Gasteiger partial charge in [-0.1, -0.05) is 15.9 Å². The molecule has 1 heterocycles. The van der Waals surface area contributed by atoms with Crippen molar-refractivity contribution in [2.45, 2.75) is 32.7 Å². The van der Waals surface area contributed by atoms with Crippen LogP contribution in [0.2, 0.25) is 0 Å². The van der Waals surface area contributed by atoms with Crippen LogP contribution < -0.4 is 10.2 Å². The summed E-state index contributed by atoms with van der Waals surface area (Å²) in [6, 6.07) is 5.13. The van der Waals surface area contributed by atoms with Gasteiger partial charge in [-0.2, -0.15) is 0 Å². The van der Waals surface area contributed by atoms with Crippen LogP contribution in [0.5, 0.6) is 0 Å². The molecule has 94 valence electrons. The highest BCUT2D eigenvalue weighted by atomic mass is 79.9. The Hall–Kier alpha value is -0.540. The molecule has 2 nitrogen and oxygen atoms in total. The van der Waals surface area contributed by atoms with Crippen molar-refractivity contribution in [1.82, 2.24) is 5.32 Å². The average molecular weight is 297 g/mol. The van der Waals surface area contributed by atoms with E-state index in [9.17, 15) is 0 Å². The molecule has 1 aromatic rings. The number of aryl methyl sites for hydroxylation is 2. The molecule has 0 aliphatic carbocycles. The molecule has 0 radical (unpaired) electrons. The summed E-state index contributed by atoms with van der Waals surface area (Å²) in [7, 11) is 2.07. The Morgan fingerprint density at radius 2 is 1.71 bits per heavy atom. The van der Waals surface area contributed by atoms with E-state index < -0.39 is 0 Å². The summed E-state index contributed by atoms with van der Waals surface area (Å²) in [5.74, 6) is 0. The summed E-state index contributed by atoms with van der Waals surface area (Å²) in [4.78, 5) is 2.53. The van der Waals surface area contributed by atoms with Gasteiger partial charge >= 0.3 is 0 Å². The molecule has 0 amide bonds. The van der Waals surface area contributed by atoms with Gasteiger partial charge in [0.25, 0.3) is 0 Å². The lowest BCUT2D eigenvalue weighted by Gasteiger charge is -2.35. The highest BCUT2D eigenvalue weighted by Gasteiger charge is 2.20. The summed E-state index contributed by atoms with van der Waals surface area (Å²) in [5, 5.41) is 3.38. The monoisotopic (exact) mass is 296 g/mol. The van der Waals surface area contributed by atoms with E-state index in [2.05, 4.69) is 59.2 Å². The number of anilines is 1. The van der Waals surface area contributed by atoms with Crippen molar-refractivity contribution in [3.05, 3.63) is 27.7 Å². The van der Waals surface area contributed by atoms with Gasteiger partial charge in [0.1, 0.15) is 0 Å². The predicted octanol–water partition coefficient (Wildman–Crippen LogP) is 3.25. The zero-order valence-corrected chi connectivity index (χ0v) is 12.5. The van der Waals surface area contributed by atoms with Gasteiger partial charge in [-0.15, -0.1) is 0 Å². The molecule has 1 N–H and O–H groups in total. The number of nitrogens with zero attached hydrogens (tertiary/aromatic N) is 1. The lowest BCUT2D eigenvalue weighted by molar-refractivity contribution is 0.442. The van der Waals surface area contributed by atoms with Crippen LogP contribution in [0.25, 0.3) is 0 Å². The van der Waals surface area contributed by atoms with Gasteiger partial charge in [-0.05, 0) is 57.0 Å². The minimum absolute atomic E-state index is 0.697. The van der Waals surface area contributed by atoms with E-state index in [1.54, 1.807) is 0 Å². The van der Waals surface area contributed by atoms with Gasteiger partial charge in [0.15, 0.2) is 0 Å². The number of benzene rings is 1. The molecule has 2 rings (SSSR count). The first-order valence-corrected chi connectivity index (χ1v) is 7.10. The highest BCUT2D eigenvalue weighted by molar-refractivity contribution is 9.10. The Labute approximate surface area is 113 Å². The maximum atomic E-state index is 3.56. The van der Waals surface area contributed by atoms with Crippen molar-refractivity contribution in [3.63, 3.8) is 0 Å². The molecule has 1 aromatic carbocycles. The van der Waals surface area contributed by atoms with E-state index in [0.29, 0.717) is 6.04 Å². The van der Waals surface area contributed by atoms with Crippen molar-refractivity contribution < 1.29 is 0 Å². The number of hydrogen-bond acceptors (Lipinski definition) is 2. The SMILES string of the molecule is CNC1CCN(c2c(C)cc(Br)cc2C)CC1. The van der Waals surface area contributed by atoms with Crippen molar-refractivity contribution in [3.8, 4) is 0 Å². The van der Waals surface area contributed by atoms with Crippen LogP contribution in [0.1, 0.15) is 24.0 Å². The molecule has 1 saturated heterocycles. The van der Waals surface area contributed by atoms with Crippen LogP contribution in [0, 0.1) is 13.8 Å². The van der Waals surface area contributed by atoms with Gasteiger partial charge < -0.3 is 10.2 Å². The summed E-state index contributed by atoms with van der Waals surface area (Å²) < 4.78 is 1.18. The van der Waals surface area contributed by atoms with Gasteiger partial charge in [0, 0.05) is 29.3 Å². The largest absolute Gasteiger partial charge is 0.371 e. The fourth-order valence-corrected chi connectivity index (χ4v) is 3.48. The summed E-state index contributed by atoms with van der Waals surface area (Å²) >= 11 is 3.56. The average Bonchev–Trinajstić information content (AvgIpc) is 2.28. The summed E-state index contributed by atoms with van der Waals surface area (Å²) in [6.07, 6.45) is 2.48. The second-order valence-electron chi connectivity index (χ2n) is 4.94. The van der Waals surface area contributed by atoms with Crippen LogP contribution >= 0.6 is 15.9 Å². The third-order valence-corrected chi connectivity index (χ3v) is 4.13. The normalized spacial score (nSPS) is 17.5. The maximum Gasteiger partial charge on any atom is 0.0426 e. The third kappa shape index (κ3) is 2.83. The van der Waals surface area contributed by atoms with Gasteiger partial charge in [0.2, 0.25) is 0 Å². The van der Waals surface area contributed by atoms with E-state index in [-0.39, 0.29) is 0 Å². The Balaban J connectivity index is 2.18. The Kier molecular flexibility index (Phi) is 4.10. The number of hydrogen-bond donors (Lipinski definition) is 1. The van der Waals surface area contributed by atoms with E-state index in [4.69, 9.17) is 0 Å². The first kappa shape index (κ1) is 12.9. The Morgan fingerprint density at radius 1 is 1.18 bits per heavy atom.